The summed E-state index contributed by atoms with van der Waals surface area (Å²) in [6.45, 7) is 3.38. The van der Waals surface area contributed by atoms with Crippen molar-refractivity contribution >= 4 is 16.9 Å². The number of alkyl halides is 10. The van der Waals surface area contributed by atoms with Gasteiger partial charge in [-0.25, -0.2) is 4.99 Å². The van der Waals surface area contributed by atoms with Crippen LogP contribution in [0.4, 0.5) is 43.9 Å². The van der Waals surface area contributed by atoms with Gasteiger partial charge in [0.25, 0.3) is 0 Å². The van der Waals surface area contributed by atoms with Gasteiger partial charge in [0.15, 0.2) is 5.17 Å². The quantitative estimate of drug-likeness (QED) is 0.408. The van der Waals surface area contributed by atoms with E-state index in [1.807, 2.05) is 0 Å². The summed E-state index contributed by atoms with van der Waals surface area (Å²) in [6.07, 6.45) is -10.9. The third kappa shape index (κ3) is 5.47. The molecule has 0 aromatic carbocycles. The zero-order chi connectivity index (χ0) is 22.0. The van der Waals surface area contributed by atoms with E-state index < -0.39 is 51.7 Å². The minimum absolute atomic E-state index is 0.0232. The van der Waals surface area contributed by atoms with E-state index in [0.29, 0.717) is 25.7 Å². The number of unbranched alkanes of at least 4 members (excludes halogenated alkanes) is 2. The summed E-state index contributed by atoms with van der Waals surface area (Å²) >= 11 is -0.773. The first-order chi connectivity index (χ1) is 12.6. The zero-order valence-corrected chi connectivity index (χ0v) is 15.6. The largest absolute Gasteiger partial charge is 0.459 e. The fourth-order valence-corrected chi connectivity index (χ4v) is 3.27. The number of hydrogen-bond acceptors (Lipinski definition) is 3. The average molecular weight is 448 g/mol. The van der Waals surface area contributed by atoms with E-state index in [0.717, 1.165) is 4.90 Å². The Hall–Kier alpha value is -1.14. The fraction of sp³-hybridized carbons (Fsp3) is 0.800. The number of amidine groups is 1. The summed E-state index contributed by atoms with van der Waals surface area (Å²) in [6, 6.07) is 0. The van der Waals surface area contributed by atoms with Crippen molar-refractivity contribution in [3.05, 3.63) is 11.3 Å². The zero-order valence-electron chi connectivity index (χ0n) is 14.8. The highest BCUT2D eigenvalue weighted by atomic mass is 32.2. The summed E-state index contributed by atoms with van der Waals surface area (Å²) in [5.74, 6) is -6.20. The van der Waals surface area contributed by atoms with E-state index in [4.69, 9.17) is 0 Å². The maximum atomic E-state index is 14.2. The van der Waals surface area contributed by atoms with Crippen molar-refractivity contribution < 1.29 is 43.9 Å². The second kappa shape index (κ2) is 8.70. The topological polar surface area (TPSA) is 15.6 Å². The summed E-state index contributed by atoms with van der Waals surface area (Å²) in [5.41, 5.74) is -6.30. The maximum Gasteiger partial charge on any atom is 0.459 e. The molecule has 2 nitrogen and oxygen atoms in total. The van der Waals surface area contributed by atoms with Crippen molar-refractivity contribution in [3.8, 4) is 0 Å². The lowest BCUT2D eigenvalue weighted by Crippen LogP contribution is -2.46. The lowest BCUT2D eigenvalue weighted by molar-refractivity contribution is -0.266. The van der Waals surface area contributed by atoms with E-state index in [2.05, 4.69) is 4.99 Å². The Morgan fingerprint density at radius 3 is 1.71 bits per heavy atom. The number of nitrogens with zero attached hydrogens (tertiary/aromatic N) is 2. The highest BCUT2D eigenvalue weighted by molar-refractivity contribution is 8.14. The smallest absolute Gasteiger partial charge is 0.351 e. The van der Waals surface area contributed by atoms with Gasteiger partial charge in [-0.05, 0) is 24.6 Å². The van der Waals surface area contributed by atoms with Gasteiger partial charge < -0.3 is 4.90 Å². The second-order valence-electron chi connectivity index (χ2n) is 6.00. The lowest BCUT2D eigenvalue weighted by atomic mass is 10.1. The molecule has 1 aliphatic rings. The van der Waals surface area contributed by atoms with Gasteiger partial charge in [0.05, 0.1) is 0 Å². The number of halogens is 10. The van der Waals surface area contributed by atoms with Gasteiger partial charge in [0.2, 0.25) is 0 Å². The predicted molar refractivity (Wildman–Crippen MR) is 85.4 cm³/mol. The average Bonchev–Trinajstić information content (AvgIpc) is 2.50. The van der Waals surface area contributed by atoms with Crippen LogP contribution in [0.5, 0.6) is 0 Å². The molecule has 0 radical (unpaired) electrons. The van der Waals surface area contributed by atoms with Crippen LogP contribution >= 0.6 is 11.8 Å². The van der Waals surface area contributed by atoms with E-state index in [1.54, 1.807) is 13.8 Å². The van der Waals surface area contributed by atoms with Gasteiger partial charge >= 0.3 is 23.5 Å². The molecule has 0 unspecified atom stereocenters. The Labute approximate surface area is 159 Å². The minimum atomic E-state index is -6.52. The highest BCUT2D eigenvalue weighted by Gasteiger charge is 2.68. The number of rotatable bonds is 7. The Kier molecular flexibility index (Phi) is 7.74. The van der Waals surface area contributed by atoms with Gasteiger partial charge in [-0.2, -0.15) is 43.9 Å². The molecule has 1 aliphatic heterocycles. The van der Waals surface area contributed by atoms with E-state index in [1.165, 1.54) is 0 Å². The predicted octanol–water partition coefficient (Wildman–Crippen LogP) is 6.60. The normalized spacial score (nSPS) is 18.4. The van der Waals surface area contributed by atoms with Crippen LogP contribution in [0.1, 0.15) is 39.5 Å². The summed E-state index contributed by atoms with van der Waals surface area (Å²) in [5, 5.41) is -6.05. The summed E-state index contributed by atoms with van der Waals surface area (Å²) in [4.78, 5) is 3.80. The second-order valence-corrected chi connectivity index (χ2v) is 7.08. The third-order valence-electron chi connectivity index (χ3n) is 3.73. The molecule has 0 aliphatic carbocycles. The van der Waals surface area contributed by atoms with Crippen LogP contribution in [-0.2, 0) is 0 Å². The van der Waals surface area contributed by atoms with Crippen molar-refractivity contribution in [2.75, 3.05) is 13.1 Å². The van der Waals surface area contributed by atoms with Crippen molar-refractivity contribution in [1.29, 1.82) is 0 Å². The van der Waals surface area contributed by atoms with Crippen LogP contribution in [0.15, 0.2) is 16.3 Å². The molecule has 0 saturated carbocycles. The van der Waals surface area contributed by atoms with Crippen molar-refractivity contribution in [3.63, 3.8) is 0 Å². The first-order valence-electron chi connectivity index (χ1n) is 8.27. The Balaban J connectivity index is 3.64. The molecule has 0 bridgehead atoms. The third-order valence-corrected chi connectivity index (χ3v) is 4.72. The van der Waals surface area contributed by atoms with Gasteiger partial charge in [-0.15, -0.1) is 0 Å². The summed E-state index contributed by atoms with van der Waals surface area (Å²) in [7, 11) is 0. The van der Waals surface area contributed by atoms with Crippen LogP contribution in [-0.4, -0.2) is 46.7 Å². The maximum absolute atomic E-state index is 14.2. The molecule has 0 N–H and O–H groups in total. The molecule has 1 rings (SSSR count). The molecule has 0 atom stereocenters. The number of hydrogen-bond donors (Lipinski definition) is 0. The highest BCUT2D eigenvalue weighted by Crippen LogP contribution is 2.55. The number of allylic oxidation sites excluding steroid dienone is 1. The molecule has 0 amide bonds. The first kappa shape index (κ1) is 24.9. The molecule has 0 aromatic rings. The number of thioether (sulfide) groups is 1. The molecular weight excluding hydrogens is 430 g/mol. The molecule has 1 heterocycles. The van der Waals surface area contributed by atoms with E-state index in [9.17, 15) is 43.9 Å². The van der Waals surface area contributed by atoms with Crippen molar-refractivity contribution in [2.24, 2.45) is 4.99 Å². The minimum Gasteiger partial charge on any atom is -0.351 e. The van der Waals surface area contributed by atoms with Crippen LogP contribution in [0, 0.1) is 0 Å². The Morgan fingerprint density at radius 1 is 0.893 bits per heavy atom. The van der Waals surface area contributed by atoms with Gasteiger partial charge in [-0.1, -0.05) is 26.7 Å². The van der Waals surface area contributed by atoms with E-state index in [-0.39, 0.29) is 13.1 Å². The molecule has 0 aromatic heterocycles. The van der Waals surface area contributed by atoms with Crippen molar-refractivity contribution in [1.82, 2.24) is 4.90 Å². The lowest BCUT2D eigenvalue weighted by Gasteiger charge is -2.35. The van der Waals surface area contributed by atoms with Crippen LogP contribution in [0.2, 0.25) is 0 Å². The molecule has 13 heteroatoms. The SMILES string of the molecule is CCCCN(CCCC)C1=NC(C(F)(F)C(F)(F)F)=C(C(F)(F)F)C(F)(F)S1. The monoisotopic (exact) mass is 448 g/mol. The first-order valence-corrected chi connectivity index (χ1v) is 9.08. The fourth-order valence-electron chi connectivity index (χ4n) is 2.27. The van der Waals surface area contributed by atoms with Crippen LogP contribution in [0.3, 0.4) is 0 Å². The molecule has 0 saturated heterocycles. The molecular formula is C15H18F10N2S. The van der Waals surface area contributed by atoms with Crippen molar-refractivity contribution in [2.45, 2.75) is 63.1 Å². The Bertz CT molecular complexity index is 599. The molecule has 0 fully saturated rings. The number of aliphatic imine (C=N–C) groups is 1. The molecule has 28 heavy (non-hydrogen) atoms. The molecule has 0 spiro atoms. The van der Waals surface area contributed by atoms with Crippen LogP contribution in [0.25, 0.3) is 0 Å². The van der Waals surface area contributed by atoms with Crippen LogP contribution < -0.4 is 0 Å². The van der Waals surface area contributed by atoms with E-state index >= 15 is 0 Å². The van der Waals surface area contributed by atoms with Gasteiger partial charge in [0, 0.05) is 13.1 Å². The molecule has 164 valence electrons. The van der Waals surface area contributed by atoms with Gasteiger partial charge in [0.1, 0.15) is 11.3 Å². The standard InChI is InChI=1S/C15H18F10N2S/c1-3-5-7-27(8-6-4-2)11-26-10(12(16,17)15(23,24)25)9(13(18,19)20)14(21,22)28-11/h3-8H2,1-2H3. The van der Waals surface area contributed by atoms with Gasteiger partial charge in [-0.3, -0.25) is 0 Å². The Morgan fingerprint density at radius 2 is 1.36 bits per heavy atom. The summed E-state index contributed by atoms with van der Waals surface area (Å²) < 4.78 is 133.